The largest absolute Gasteiger partial charge is 0.330 e. The fraction of sp³-hybridized carbons (Fsp3) is 0.615. The predicted octanol–water partition coefficient (Wildman–Crippen LogP) is 1.79. The fourth-order valence-corrected chi connectivity index (χ4v) is 2.35. The molecule has 3 N–H and O–H groups in total. The quantitative estimate of drug-likeness (QED) is 0.742. The smallest absolute Gasteiger partial charge is 0.0605 e. The summed E-state index contributed by atoms with van der Waals surface area (Å²) in [5.41, 5.74) is 8.17. The number of pyridine rings is 1. The van der Waals surface area contributed by atoms with E-state index in [-0.39, 0.29) is 0 Å². The van der Waals surface area contributed by atoms with Gasteiger partial charge in [-0.15, -0.1) is 0 Å². The Morgan fingerprint density at radius 2 is 2.38 bits per heavy atom. The highest BCUT2D eigenvalue weighted by Gasteiger charge is 2.19. The van der Waals surface area contributed by atoms with Crippen molar-refractivity contribution in [3.05, 3.63) is 29.6 Å². The molecule has 1 atom stereocenters. The molecule has 88 valence electrons. The monoisotopic (exact) mass is 219 g/mol. The lowest BCUT2D eigenvalue weighted by Gasteiger charge is -2.25. The number of rotatable bonds is 5. The highest BCUT2D eigenvalue weighted by Crippen LogP contribution is 2.27. The van der Waals surface area contributed by atoms with Crippen molar-refractivity contribution >= 4 is 0 Å². The van der Waals surface area contributed by atoms with E-state index < -0.39 is 0 Å². The number of unbranched alkanes of at least 4 members (excludes halogenated alkanes) is 1. The van der Waals surface area contributed by atoms with Crippen LogP contribution in [0, 0.1) is 0 Å². The van der Waals surface area contributed by atoms with Crippen LogP contribution in [0.25, 0.3) is 0 Å². The number of hydrogen-bond acceptors (Lipinski definition) is 3. The first-order valence-corrected chi connectivity index (χ1v) is 6.29. The van der Waals surface area contributed by atoms with Crippen molar-refractivity contribution in [2.24, 2.45) is 5.73 Å². The number of nitrogens with one attached hydrogen (secondary N) is 1. The second kappa shape index (κ2) is 5.97. The Labute approximate surface area is 97.5 Å². The van der Waals surface area contributed by atoms with Crippen LogP contribution in [-0.4, -0.2) is 18.1 Å². The van der Waals surface area contributed by atoms with E-state index >= 15 is 0 Å². The van der Waals surface area contributed by atoms with Gasteiger partial charge in [-0.25, -0.2) is 0 Å². The van der Waals surface area contributed by atoms with Gasteiger partial charge in [0.15, 0.2) is 0 Å². The van der Waals surface area contributed by atoms with Crippen molar-refractivity contribution in [1.29, 1.82) is 0 Å². The summed E-state index contributed by atoms with van der Waals surface area (Å²) in [7, 11) is 0. The minimum Gasteiger partial charge on any atom is -0.330 e. The topological polar surface area (TPSA) is 50.9 Å². The van der Waals surface area contributed by atoms with Crippen molar-refractivity contribution in [2.75, 3.05) is 13.1 Å². The zero-order valence-electron chi connectivity index (χ0n) is 9.78. The van der Waals surface area contributed by atoms with E-state index in [4.69, 9.17) is 5.73 Å². The van der Waals surface area contributed by atoms with Crippen LogP contribution in [0.15, 0.2) is 18.3 Å². The van der Waals surface area contributed by atoms with E-state index in [1.54, 1.807) is 0 Å². The van der Waals surface area contributed by atoms with E-state index in [0.29, 0.717) is 6.04 Å². The SMILES string of the molecule is NCCCCNC1CCCc2cccnc21. The molecule has 1 aliphatic rings. The van der Waals surface area contributed by atoms with Crippen molar-refractivity contribution in [2.45, 2.75) is 38.1 Å². The van der Waals surface area contributed by atoms with Crippen LogP contribution in [0.2, 0.25) is 0 Å². The lowest BCUT2D eigenvalue weighted by atomic mass is 9.92. The summed E-state index contributed by atoms with van der Waals surface area (Å²) in [4.78, 5) is 4.51. The number of aromatic nitrogens is 1. The first-order valence-electron chi connectivity index (χ1n) is 6.29. The lowest BCUT2D eigenvalue weighted by molar-refractivity contribution is 0.442. The second-order valence-electron chi connectivity index (χ2n) is 4.44. The summed E-state index contributed by atoms with van der Waals surface area (Å²) in [6.07, 6.45) is 7.84. The Bertz CT molecular complexity index is 325. The van der Waals surface area contributed by atoms with E-state index in [0.717, 1.165) is 25.9 Å². The third-order valence-electron chi connectivity index (χ3n) is 3.22. The van der Waals surface area contributed by atoms with Gasteiger partial charge in [-0.05, 0) is 56.8 Å². The molecule has 0 spiro atoms. The van der Waals surface area contributed by atoms with Crippen LogP contribution in [-0.2, 0) is 6.42 Å². The molecule has 0 bridgehead atoms. The molecule has 3 nitrogen and oxygen atoms in total. The summed E-state index contributed by atoms with van der Waals surface area (Å²) in [6.45, 7) is 1.85. The Morgan fingerprint density at radius 3 is 3.25 bits per heavy atom. The zero-order chi connectivity index (χ0) is 11.2. The molecule has 3 heteroatoms. The van der Waals surface area contributed by atoms with Crippen LogP contribution in [0.1, 0.15) is 43.0 Å². The first kappa shape index (κ1) is 11.6. The maximum absolute atomic E-state index is 5.48. The standard InChI is InChI=1S/C13H21N3/c14-8-1-2-9-15-12-7-3-5-11-6-4-10-16-13(11)12/h4,6,10,12,15H,1-3,5,7-9,14H2. The van der Waals surface area contributed by atoms with Gasteiger partial charge in [-0.3, -0.25) is 4.98 Å². The minimum atomic E-state index is 0.461. The number of fused-ring (bicyclic) bond motifs is 1. The zero-order valence-corrected chi connectivity index (χ0v) is 9.78. The molecule has 0 saturated carbocycles. The molecule has 16 heavy (non-hydrogen) atoms. The van der Waals surface area contributed by atoms with Gasteiger partial charge in [0, 0.05) is 12.2 Å². The molecule has 1 aromatic heterocycles. The first-order chi connectivity index (χ1) is 7.92. The average molecular weight is 219 g/mol. The Kier molecular flexibility index (Phi) is 4.31. The Balaban J connectivity index is 1.91. The molecule has 0 aromatic carbocycles. The number of nitrogens with two attached hydrogens (primary N) is 1. The van der Waals surface area contributed by atoms with Crippen molar-refractivity contribution < 1.29 is 0 Å². The van der Waals surface area contributed by atoms with Gasteiger partial charge in [0.2, 0.25) is 0 Å². The lowest BCUT2D eigenvalue weighted by Crippen LogP contribution is -2.27. The van der Waals surface area contributed by atoms with Crippen LogP contribution < -0.4 is 11.1 Å². The molecule has 1 unspecified atom stereocenters. The third-order valence-corrected chi connectivity index (χ3v) is 3.22. The van der Waals surface area contributed by atoms with Gasteiger partial charge in [0.25, 0.3) is 0 Å². The van der Waals surface area contributed by atoms with E-state index in [2.05, 4.69) is 16.4 Å². The summed E-state index contributed by atoms with van der Waals surface area (Å²) in [5, 5.41) is 3.59. The van der Waals surface area contributed by atoms with Gasteiger partial charge >= 0.3 is 0 Å². The molecule has 0 saturated heterocycles. The van der Waals surface area contributed by atoms with Crippen LogP contribution >= 0.6 is 0 Å². The second-order valence-corrected chi connectivity index (χ2v) is 4.44. The van der Waals surface area contributed by atoms with E-state index in [1.165, 1.54) is 30.5 Å². The molecule has 0 amide bonds. The Morgan fingerprint density at radius 1 is 1.44 bits per heavy atom. The van der Waals surface area contributed by atoms with Gasteiger partial charge in [0.05, 0.1) is 5.69 Å². The molecular weight excluding hydrogens is 198 g/mol. The third kappa shape index (κ3) is 2.80. The van der Waals surface area contributed by atoms with Crippen LogP contribution in [0.4, 0.5) is 0 Å². The highest BCUT2D eigenvalue weighted by atomic mass is 14.9. The molecule has 2 rings (SSSR count). The van der Waals surface area contributed by atoms with Gasteiger partial charge < -0.3 is 11.1 Å². The van der Waals surface area contributed by atoms with E-state index in [9.17, 15) is 0 Å². The van der Waals surface area contributed by atoms with Crippen molar-refractivity contribution in [3.8, 4) is 0 Å². The molecular formula is C13H21N3. The fourth-order valence-electron chi connectivity index (χ4n) is 2.35. The minimum absolute atomic E-state index is 0.461. The van der Waals surface area contributed by atoms with E-state index in [1.807, 2.05) is 12.3 Å². The van der Waals surface area contributed by atoms with Crippen LogP contribution in [0.3, 0.4) is 0 Å². The maximum Gasteiger partial charge on any atom is 0.0605 e. The number of nitrogens with zero attached hydrogens (tertiary/aromatic N) is 1. The van der Waals surface area contributed by atoms with Gasteiger partial charge in [0.1, 0.15) is 0 Å². The number of hydrogen-bond donors (Lipinski definition) is 2. The predicted molar refractivity (Wildman–Crippen MR) is 66.2 cm³/mol. The molecule has 0 fully saturated rings. The highest BCUT2D eigenvalue weighted by molar-refractivity contribution is 5.25. The molecule has 0 aliphatic heterocycles. The van der Waals surface area contributed by atoms with Crippen molar-refractivity contribution in [3.63, 3.8) is 0 Å². The molecule has 1 aliphatic carbocycles. The van der Waals surface area contributed by atoms with Crippen molar-refractivity contribution in [1.82, 2.24) is 10.3 Å². The Hall–Kier alpha value is -0.930. The summed E-state index contributed by atoms with van der Waals surface area (Å²) in [5.74, 6) is 0. The molecule has 0 radical (unpaired) electrons. The molecule has 1 aromatic rings. The number of aryl methyl sites for hydroxylation is 1. The summed E-state index contributed by atoms with van der Waals surface area (Å²) >= 11 is 0. The normalized spacial score (nSPS) is 19.4. The maximum atomic E-state index is 5.48. The van der Waals surface area contributed by atoms with Crippen LogP contribution in [0.5, 0.6) is 0 Å². The summed E-state index contributed by atoms with van der Waals surface area (Å²) < 4.78 is 0. The van der Waals surface area contributed by atoms with Gasteiger partial charge in [-0.1, -0.05) is 6.07 Å². The molecule has 1 heterocycles. The summed E-state index contributed by atoms with van der Waals surface area (Å²) in [6, 6.07) is 4.70. The van der Waals surface area contributed by atoms with Gasteiger partial charge in [-0.2, -0.15) is 0 Å². The average Bonchev–Trinajstić information content (AvgIpc) is 2.35.